The number of esters is 1. The van der Waals surface area contributed by atoms with Crippen molar-refractivity contribution < 1.29 is 23.8 Å². The predicted octanol–water partition coefficient (Wildman–Crippen LogP) is 1.45. The molecule has 0 heterocycles. The Hall–Kier alpha value is -2.24. The SMILES string of the molecule is CCCOC(=O)Cc1ccc(OCC(N)=O)c(OCC)c1. The Kier molecular flexibility index (Phi) is 7.08. The van der Waals surface area contributed by atoms with Crippen LogP contribution in [0.5, 0.6) is 11.5 Å². The average Bonchev–Trinajstić information content (AvgIpc) is 2.44. The number of ether oxygens (including phenoxy) is 3. The van der Waals surface area contributed by atoms with Crippen LogP contribution >= 0.6 is 0 Å². The van der Waals surface area contributed by atoms with Gasteiger partial charge in [0.1, 0.15) is 0 Å². The largest absolute Gasteiger partial charge is 0.490 e. The molecule has 0 saturated heterocycles. The molecule has 1 aromatic carbocycles. The molecular weight excluding hydrogens is 274 g/mol. The van der Waals surface area contributed by atoms with Crippen molar-refractivity contribution in [1.82, 2.24) is 0 Å². The average molecular weight is 295 g/mol. The molecule has 0 radical (unpaired) electrons. The minimum Gasteiger partial charge on any atom is -0.490 e. The summed E-state index contributed by atoms with van der Waals surface area (Å²) in [5.74, 6) is 0.0376. The van der Waals surface area contributed by atoms with Gasteiger partial charge >= 0.3 is 5.97 Å². The number of nitrogens with two attached hydrogens (primary N) is 1. The van der Waals surface area contributed by atoms with Crippen molar-refractivity contribution >= 4 is 11.9 Å². The highest BCUT2D eigenvalue weighted by atomic mass is 16.5. The predicted molar refractivity (Wildman–Crippen MR) is 77.3 cm³/mol. The Morgan fingerprint density at radius 1 is 1.14 bits per heavy atom. The normalized spacial score (nSPS) is 10.0. The zero-order chi connectivity index (χ0) is 15.7. The van der Waals surface area contributed by atoms with Crippen LogP contribution in [0.1, 0.15) is 25.8 Å². The number of hydrogen-bond acceptors (Lipinski definition) is 5. The molecule has 0 aromatic heterocycles. The molecule has 0 unspecified atom stereocenters. The van der Waals surface area contributed by atoms with Gasteiger partial charge in [0.15, 0.2) is 18.1 Å². The van der Waals surface area contributed by atoms with Crippen molar-refractivity contribution in [2.45, 2.75) is 26.7 Å². The van der Waals surface area contributed by atoms with Crippen molar-refractivity contribution in [2.24, 2.45) is 5.73 Å². The van der Waals surface area contributed by atoms with E-state index in [1.165, 1.54) is 0 Å². The fourth-order valence-electron chi connectivity index (χ4n) is 1.63. The van der Waals surface area contributed by atoms with Gasteiger partial charge in [0.25, 0.3) is 5.91 Å². The summed E-state index contributed by atoms with van der Waals surface area (Å²) in [6, 6.07) is 5.08. The van der Waals surface area contributed by atoms with E-state index in [-0.39, 0.29) is 19.0 Å². The van der Waals surface area contributed by atoms with E-state index in [1.54, 1.807) is 18.2 Å². The van der Waals surface area contributed by atoms with Gasteiger partial charge in [-0.25, -0.2) is 0 Å². The zero-order valence-electron chi connectivity index (χ0n) is 12.4. The first-order chi connectivity index (χ1) is 10.1. The van der Waals surface area contributed by atoms with Crippen LogP contribution in [0, 0.1) is 0 Å². The van der Waals surface area contributed by atoms with Crippen LogP contribution in [0.2, 0.25) is 0 Å². The Labute approximate surface area is 124 Å². The van der Waals surface area contributed by atoms with E-state index in [9.17, 15) is 9.59 Å². The Balaban J connectivity index is 2.76. The molecule has 0 aliphatic heterocycles. The molecule has 6 nitrogen and oxygen atoms in total. The topological polar surface area (TPSA) is 87.9 Å². The molecule has 21 heavy (non-hydrogen) atoms. The summed E-state index contributed by atoms with van der Waals surface area (Å²) < 4.78 is 15.7. The lowest BCUT2D eigenvalue weighted by Gasteiger charge is -2.12. The number of rotatable bonds is 9. The Morgan fingerprint density at radius 3 is 2.52 bits per heavy atom. The molecule has 0 bridgehead atoms. The fraction of sp³-hybridized carbons (Fsp3) is 0.467. The first kappa shape index (κ1) is 16.8. The Morgan fingerprint density at radius 2 is 1.90 bits per heavy atom. The molecule has 0 saturated carbocycles. The zero-order valence-corrected chi connectivity index (χ0v) is 12.4. The summed E-state index contributed by atoms with van der Waals surface area (Å²) in [5.41, 5.74) is 5.80. The van der Waals surface area contributed by atoms with Gasteiger partial charge in [-0.05, 0) is 31.0 Å². The van der Waals surface area contributed by atoms with Gasteiger partial charge in [-0.15, -0.1) is 0 Å². The smallest absolute Gasteiger partial charge is 0.310 e. The maximum atomic E-state index is 11.6. The van der Waals surface area contributed by atoms with Crippen LogP contribution in [0.15, 0.2) is 18.2 Å². The van der Waals surface area contributed by atoms with Crippen molar-refractivity contribution in [3.05, 3.63) is 23.8 Å². The molecular formula is C15H21NO5. The molecule has 0 spiro atoms. The molecule has 0 aliphatic rings. The van der Waals surface area contributed by atoms with Crippen LogP contribution in [0.4, 0.5) is 0 Å². The van der Waals surface area contributed by atoms with Gasteiger partial charge in [0, 0.05) is 0 Å². The van der Waals surface area contributed by atoms with Gasteiger partial charge in [0.2, 0.25) is 0 Å². The standard InChI is InChI=1S/C15H21NO5/c1-3-7-20-15(18)9-11-5-6-12(21-10-14(16)17)13(8-11)19-4-2/h5-6,8H,3-4,7,9-10H2,1-2H3,(H2,16,17). The first-order valence-corrected chi connectivity index (χ1v) is 6.89. The van der Waals surface area contributed by atoms with Crippen LogP contribution in [-0.2, 0) is 20.7 Å². The van der Waals surface area contributed by atoms with Crippen molar-refractivity contribution in [3.63, 3.8) is 0 Å². The third kappa shape index (κ3) is 6.16. The third-order valence-corrected chi connectivity index (χ3v) is 2.49. The third-order valence-electron chi connectivity index (χ3n) is 2.49. The van der Waals surface area contributed by atoms with Gasteiger partial charge in [-0.3, -0.25) is 9.59 Å². The van der Waals surface area contributed by atoms with Crippen LogP contribution in [0.3, 0.4) is 0 Å². The van der Waals surface area contributed by atoms with Crippen molar-refractivity contribution in [1.29, 1.82) is 0 Å². The lowest BCUT2D eigenvalue weighted by atomic mass is 10.1. The number of benzene rings is 1. The number of hydrogen-bond donors (Lipinski definition) is 1. The maximum Gasteiger partial charge on any atom is 0.310 e. The lowest BCUT2D eigenvalue weighted by molar-refractivity contribution is -0.142. The van der Waals surface area contributed by atoms with Crippen molar-refractivity contribution in [2.75, 3.05) is 19.8 Å². The van der Waals surface area contributed by atoms with E-state index in [2.05, 4.69) is 0 Å². The minimum atomic E-state index is -0.565. The summed E-state index contributed by atoms with van der Waals surface area (Å²) in [4.78, 5) is 22.3. The van der Waals surface area contributed by atoms with E-state index < -0.39 is 5.91 Å². The fourth-order valence-corrected chi connectivity index (χ4v) is 1.63. The van der Waals surface area contributed by atoms with Gasteiger partial charge in [-0.1, -0.05) is 13.0 Å². The second-order valence-electron chi connectivity index (χ2n) is 4.37. The second-order valence-corrected chi connectivity index (χ2v) is 4.37. The molecule has 1 rings (SSSR count). The van der Waals surface area contributed by atoms with Gasteiger partial charge in [0.05, 0.1) is 19.6 Å². The van der Waals surface area contributed by atoms with Gasteiger partial charge < -0.3 is 19.9 Å². The number of amides is 1. The van der Waals surface area contributed by atoms with E-state index >= 15 is 0 Å². The molecule has 0 atom stereocenters. The molecule has 6 heteroatoms. The number of carbonyl (C=O) groups excluding carboxylic acids is 2. The van der Waals surface area contributed by atoms with E-state index in [1.807, 2.05) is 13.8 Å². The highest BCUT2D eigenvalue weighted by Gasteiger charge is 2.11. The summed E-state index contributed by atoms with van der Waals surface area (Å²) >= 11 is 0. The highest BCUT2D eigenvalue weighted by Crippen LogP contribution is 2.28. The Bertz CT molecular complexity index is 487. The van der Waals surface area contributed by atoms with Crippen LogP contribution in [0.25, 0.3) is 0 Å². The summed E-state index contributed by atoms with van der Waals surface area (Å²) in [7, 11) is 0. The molecule has 0 fully saturated rings. The number of primary amides is 1. The van der Waals surface area contributed by atoms with Gasteiger partial charge in [-0.2, -0.15) is 0 Å². The first-order valence-electron chi connectivity index (χ1n) is 6.89. The van der Waals surface area contributed by atoms with Crippen molar-refractivity contribution in [3.8, 4) is 11.5 Å². The minimum absolute atomic E-state index is 0.163. The summed E-state index contributed by atoms with van der Waals surface area (Å²) in [5, 5.41) is 0. The number of carbonyl (C=O) groups is 2. The van der Waals surface area contributed by atoms with Crippen LogP contribution in [-0.4, -0.2) is 31.7 Å². The summed E-state index contributed by atoms with van der Waals surface area (Å²) in [6.45, 7) is 4.40. The van der Waals surface area contributed by atoms with E-state index in [0.717, 1.165) is 12.0 Å². The monoisotopic (exact) mass is 295 g/mol. The molecule has 0 aliphatic carbocycles. The molecule has 116 valence electrons. The summed E-state index contributed by atoms with van der Waals surface area (Å²) in [6.07, 6.45) is 0.950. The highest BCUT2D eigenvalue weighted by molar-refractivity contribution is 5.75. The van der Waals surface area contributed by atoms with E-state index in [4.69, 9.17) is 19.9 Å². The lowest BCUT2D eigenvalue weighted by Crippen LogP contribution is -2.20. The van der Waals surface area contributed by atoms with E-state index in [0.29, 0.717) is 24.7 Å². The van der Waals surface area contributed by atoms with Crippen LogP contribution < -0.4 is 15.2 Å². The maximum absolute atomic E-state index is 11.6. The molecule has 1 amide bonds. The molecule has 1 aromatic rings. The molecule has 2 N–H and O–H groups in total. The second kappa shape index (κ2) is 8.84. The quantitative estimate of drug-likeness (QED) is 0.697.